The summed E-state index contributed by atoms with van der Waals surface area (Å²) >= 11 is 0. The van der Waals surface area contributed by atoms with Crippen LogP contribution < -0.4 is 22.1 Å². The highest BCUT2D eigenvalue weighted by atomic mass is 16.4. The number of unbranched alkanes of at least 4 members (excludes halogenated alkanes) is 2. The van der Waals surface area contributed by atoms with Crippen molar-refractivity contribution in [3.63, 3.8) is 0 Å². The van der Waals surface area contributed by atoms with Gasteiger partial charge in [0.25, 0.3) is 0 Å². The number of H-pyrrole nitrogens is 2. The number of hydrogen-bond acceptors (Lipinski definition) is 8. The maximum atomic E-state index is 13.1. The minimum Gasteiger partial charge on any atom is -0.480 e. The number of fused-ring (bicyclic) bond motifs is 8. The number of carboxylic acid groups (broad SMARTS) is 2. The van der Waals surface area contributed by atoms with Crippen LogP contribution in [0.15, 0.2) is 43.5 Å². The Balaban J connectivity index is 1.53. The molecule has 0 aromatic carbocycles. The number of allylic oxidation sites excluding steroid dienone is 3. The molecule has 0 spiro atoms. The zero-order valence-corrected chi connectivity index (χ0v) is 35.2. The van der Waals surface area contributed by atoms with Gasteiger partial charge in [0.05, 0.1) is 11.4 Å². The van der Waals surface area contributed by atoms with E-state index in [9.17, 15) is 19.2 Å². The number of rotatable bonds is 20. The van der Waals surface area contributed by atoms with E-state index < -0.39 is 24.0 Å². The summed E-state index contributed by atoms with van der Waals surface area (Å²) in [5.74, 6) is -2.39. The molecule has 320 valence electrons. The lowest BCUT2D eigenvalue weighted by molar-refractivity contribution is -0.139. The fourth-order valence-corrected chi connectivity index (χ4v) is 8.00. The normalized spacial score (nSPS) is 16.0. The molecule has 5 rings (SSSR count). The van der Waals surface area contributed by atoms with Crippen LogP contribution in [0.5, 0.6) is 0 Å². The first-order valence-corrected chi connectivity index (χ1v) is 20.8. The van der Waals surface area contributed by atoms with E-state index in [1.54, 1.807) is 0 Å². The number of nitrogens with two attached hydrogens (primary N) is 2. The van der Waals surface area contributed by atoms with Crippen LogP contribution in [0.2, 0.25) is 0 Å². The number of aryl methyl sites for hydroxylation is 3. The van der Waals surface area contributed by atoms with Crippen LogP contribution in [-0.4, -0.2) is 79.1 Å². The molecule has 2 aliphatic heterocycles. The topological polar surface area (TPSA) is 242 Å². The number of aromatic nitrogens is 4. The lowest BCUT2D eigenvalue weighted by Crippen LogP contribution is -2.30. The molecule has 0 saturated carbocycles. The van der Waals surface area contributed by atoms with Crippen molar-refractivity contribution in [2.75, 3.05) is 13.1 Å². The molecule has 2 amide bonds. The van der Waals surface area contributed by atoms with Crippen molar-refractivity contribution in [1.29, 1.82) is 0 Å². The third kappa shape index (κ3) is 10.8. The van der Waals surface area contributed by atoms with Crippen molar-refractivity contribution in [2.24, 2.45) is 11.5 Å². The molecule has 14 nitrogen and oxygen atoms in total. The van der Waals surface area contributed by atoms with Crippen molar-refractivity contribution in [2.45, 2.75) is 116 Å². The second kappa shape index (κ2) is 20.4. The van der Waals surface area contributed by atoms with Crippen molar-refractivity contribution >= 4 is 63.0 Å². The second-order valence-corrected chi connectivity index (χ2v) is 15.9. The summed E-state index contributed by atoms with van der Waals surface area (Å²) in [6.07, 6.45) is 8.29. The largest absolute Gasteiger partial charge is 0.480 e. The van der Waals surface area contributed by atoms with E-state index in [1.807, 2.05) is 38.1 Å². The zero-order chi connectivity index (χ0) is 43.7. The number of aromatic amines is 2. The summed E-state index contributed by atoms with van der Waals surface area (Å²) in [6, 6.07) is 6.37. The first-order valence-electron chi connectivity index (χ1n) is 20.8. The third-order valence-electron chi connectivity index (χ3n) is 11.8. The summed E-state index contributed by atoms with van der Waals surface area (Å²) in [7, 11) is 0. The highest BCUT2D eigenvalue weighted by molar-refractivity contribution is 5.97. The molecule has 8 bridgehead atoms. The number of nitrogens with one attached hydrogen (secondary N) is 4. The van der Waals surface area contributed by atoms with Gasteiger partial charge in [-0.3, -0.25) is 24.2 Å². The lowest BCUT2D eigenvalue weighted by Gasteiger charge is -2.16. The molecular formula is C46H60N8O6. The quantitative estimate of drug-likeness (QED) is 0.0562. The van der Waals surface area contributed by atoms with Crippen LogP contribution in [0.1, 0.15) is 129 Å². The Kier molecular flexibility index (Phi) is 15.4. The first kappa shape index (κ1) is 45.2. The molecule has 5 heterocycles. The fourth-order valence-electron chi connectivity index (χ4n) is 8.00. The van der Waals surface area contributed by atoms with Crippen LogP contribution in [0, 0.1) is 13.8 Å². The van der Waals surface area contributed by atoms with Gasteiger partial charge in [0.15, 0.2) is 0 Å². The smallest absolute Gasteiger partial charge is 0.320 e. The van der Waals surface area contributed by atoms with E-state index in [4.69, 9.17) is 31.6 Å². The van der Waals surface area contributed by atoms with Gasteiger partial charge in [-0.2, -0.15) is 0 Å². The van der Waals surface area contributed by atoms with E-state index in [2.05, 4.69) is 59.7 Å². The summed E-state index contributed by atoms with van der Waals surface area (Å²) in [4.78, 5) is 65.9. The standard InChI is InChI=1S/C46H60N8O6/c1-7-29-25(3)35-21-36-27(5)31(15-17-43(55)49-19-11-9-13-33(47)45(57)58)41(53-36)24-42-32(16-18-44(56)50-20-12-10-14-34(48)46(59)60)28(6)38(54-42)23-40-30(8-2)26(4)37(52-40)22-39(29)51-35/h7-8,21-24,27,31,33-34,51,54H,1-2,9-20,47-48H2,3-6H3,(H,49,55)(H,50,56)(H,57,58)(H,59,60)/t27?,31?,33-,34-/m0/s1. The maximum absolute atomic E-state index is 13.1. The minimum absolute atomic E-state index is 0.0304. The SMILES string of the molecule is C=CC1=C(C)c2cc3[nH]c(cc4nc(cc5[nH]c(cc1n2)c(C)c5CCC(=O)NCCCC[C@H](N)C(=O)O)C(CCC(=O)NCCCC[C@H](N)C(=O)O)C4C)c(C)c3C=C. The number of amides is 2. The number of carboxylic acids is 2. The minimum atomic E-state index is -1.03. The Hall–Kier alpha value is -5.86. The van der Waals surface area contributed by atoms with Crippen LogP contribution in [0.25, 0.3) is 39.3 Å². The molecular weight excluding hydrogens is 761 g/mol. The molecule has 3 aromatic rings. The molecule has 4 atom stereocenters. The molecule has 0 saturated heterocycles. The second-order valence-electron chi connectivity index (χ2n) is 15.9. The molecule has 14 heteroatoms. The summed E-state index contributed by atoms with van der Waals surface area (Å²) in [5, 5.41) is 24.0. The van der Waals surface area contributed by atoms with Gasteiger partial charge in [0.1, 0.15) is 12.1 Å². The molecule has 60 heavy (non-hydrogen) atoms. The van der Waals surface area contributed by atoms with Crippen LogP contribution >= 0.6 is 0 Å². The fraction of sp³-hybridized carbons (Fsp3) is 0.435. The molecule has 0 aliphatic carbocycles. The van der Waals surface area contributed by atoms with Crippen LogP contribution in [0.4, 0.5) is 0 Å². The molecule has 0 fully saturated rings. The van der Waals surface area contributed by atoms with Crippen molar-refractivity contribution in [1.82, 2.24) is 30.6 Å². The van der Waals surface area contributed by atoms with E-state index in [0.29, 0.717) is 64.5 Å². The Morgan fingerprint density at radius 3 is 1.92 bits per heavy atom. The number of aliphatic carboxylic acids is 2. The molecule has 2 unspecified atom stereocenters. The molecule has 2 aliphatic rings. The lowest BCUT2D eigenvalue weighted by atomic mass is 9.87. The van der Waals surface area contributed by atoms with Gasteiger partial charge < -0.3 is 42.3 Å². The predicted molar refractivity (Wildman–Crippen MR) is 237 cm³/mol. The number of hydrogen-bond donors (Lipinski definition) is 8. The Morgan fingerprint density at radius 1 is 0.750 bits per heavy atom. The molecule has 3 aromatic heterocycles. The third-order valence-corrected chi connectivity index (χ3v) is 11.8. The van der Waals surface area contributed by atoms with E-state index >= 15 is 0 Å². The highest BCUT2D eigenvalue weighted by Gasteiger charge is 2.30. The average Bonchev–Trinajstić information content (AvgIpc) is 3.87. The van der Waals surface area contributed by atoms with Gasteiger partial charge in [-0.25, -0.2) is 4.98 Å². The van der Waals surface area contributed by atoms with E-state index in [-0.39, 0.29) is 36.5 Å². The van der Waals surface area contributed by atoms with Crippen molar-refractivity contribution < 1.29 is 29.4 Å². The van der Waals surface area contributed by atoms with Gasteiger partial charge in [-0.15, -0.1) is 0 Å². The average molecular weight is 821 g/mol. The Bertz CT molecular complexity index is 2340. The summed E-state index contributed by atoms with van der Waals surface area (Å²) in [6.45, 7) is 17.3. The van der Waals surface area contributed by atoms with Gasteiger partial charge >= 0.3 is 11.9 Å². The Morgan fingerprint density at radius 2 is 1.32 bits per heavy atom. The predicted octanol–water partition coefficient (Wildman–Crippen LogP) is 6.69. The number of carbonyl (C=O) groups is 4. The first-order chi connectivity index (χ1) is 28.6. The maximum Gasteiger partial charge on any atom is 0.320 e. The molecule has 0 radical (unpaired) electrons. The zero-order valence-electron chi connectivity index (χ0n) is 35.2. The van der Waals surface area contributed by atoms with Gasteiger partial charge in [-0.1, -0.05) is 32.2 Å². The van der Waals surface area contributed by atoms with Gasteiger partial charge in [-0.05, 0) is 119 Å². The van der Waals surface area contributed by atoms with Crippen LogP contribution in [0.3, 0.4) is 0 Å². The summed E-state index contributed by atoms with van der Waals surface area (Å²) < 4.78 is 0. The van der Waals surface area contributed by atoms with E-state index in [1.165, 1.54) is 0 Å². The van der Waals surface area contributed by atoms with Crippen molar-refractivity contribution in [3.8, 4) is 0 Å². The van der Waals surface area contributed by atoms with Crippen molar-refractivity contribution in [3.05, 3.63) is 88.5 Å². The van der Waals surface area contributed by atoms with Gasteiger partial charge in [0.2, 0.25) is 11.8 Å². The van der Waals surface area contributed by atoms with Crippen LogP contribution in [-0.2, 0) is 25.6 Å². The monoisotopic (exact) mass is 820 g/mol. The highest BCUT2D eigenvalue weighted by Crippen LogP contribution is 2.41. The summed E-state index contributed by atoms with van der Waals surface area (Å²) in [5.41, 5.74) is 23.8. The number of carbonyl (C=O) groups excluding carboxylic acids is 2. The van der Waals surface area contributed by atoms with E-state index in [0.717, 1.165) is 78.2 Å². The Labute approximate surface area is 351 Å². The van der Waals surface area contributed by atoms with Gasteiger partial charge in [0, 0.05) is 82.4 Å². The molecule has 10 N–H and O–H groups in total. The number of nitrogens with zero attached hydrogens (tertiary/aromatic N) is 2.